The molecule has 1 aromatic rings. The van der Waals surface area contributed by atoms with Gasteiger partial charge >= 0.3 is 5.97 Å². The van der Waals surface area contributed by atoms with E-state index in [-0.39, 0.29) is 18.0 Å². The van der Waals surface area contributed by atoms with Gasteiger partial charge in [0.1, 0.15) is 11.9 Å². The maximum absolute atomic E-state index is 11.6. The van der Waals surface area contributed by atoms with Crippen LogP contribution in [0, 0.1) is 19.8 Å². The Morgan fingerprint density at radius 2 is 1.94 bits per heavy atom. The Labute approximate surface area is 109 Å². The molecule has 0 amide bonds. The summed E-state index contributed by atoms with van der Waals surface area (Å²) in [7, 11) is 0. The normalized spacial score (nSPS) is 13.8. The van der Waals surface area contributed by atoms with E-state index in [0.29, 0.717) is 6.61 Å². The third-order valence-corrected chi connectivity index (χ3v) is 3.02. The maximum Gasteiger partial charge on any atom is 0.312 e. The predicted molar refractivity (Wildman–Crippen MR) is 71.8 cm³/mol. The molecule has 0 saturated heterocycles. The third kappa shape index (κ3) is 3.76. The predicted octanol–water partition coefficient (Wildman–Crippen LogP) is 3.27. The van der Waals surface area contributed by atoms with Crippen molar-refractivity contribution in [3.63, 3.8) is 0 Å². The van der Waals surface area contributed by atoms with Gasteiger partial charge in [-0.05, 0) is 51.8 Å². The van der Waals surface area contributed by atoms with Crippen molar-refractivity contribution < 1.29 is 14.3 Å². The maximum atomic E-state index is 11.6. The topological polar surface area (TPSA) is 35.5 Å². The van der Waals surface area contributed by atoms with E-state index in [9.17, 15) is 4.79 Å². The van der Waals surface area contributed by atoms with E-state index in [1.807, 2.05) is 45.9 Å². The second kappa shape index (κ2) is 6.43. The lowest BCUT2D eigenvalue weighted by Gasteiger charge is -2.21. The van der Waals surface area contributed by atoms with Crippen LogP contribution in [0.4, 0.5) is 0 Å². The average Bonchev–Trinajstić information content (AvgIpc) is 2.33. The lowest BCUT2D eigenvalue weighted by molar-refractivity contribution is -0.150. The first-order valence-corrected chi connectivity index (χ1v) is 6.36. The number of rotatable bonds is 5. The van der Waals surface area contributed by atoms with Gasteiger partial charge in [-0.3, -0.25) is 4.79 Å². The molecule has 0 saturated carbocycles. The molecule has 0 aliphatic rings. The fourth-order valence-electron chi connectivity index (χ4n) is 1.60. The number of carbonyl (C=O) groups excluding carboxylic acids is 1. The molecule has 0 radical (unpaired) electrons. The van der Waals surface area contributed by atoms with Crippen molar-refractivity contribution in [1.29, 1.82) is 0 Å². The van der Waals surface area contributed by atoms with Crippen LogP contribution in [0.3, 0.4) is 0 Å². The van der Waals surface area contributed by atoms with Crippen molar-refractivity contribution in [2.24, 2.45) is 5.92 Å². The van der Waals surface area contributed by atoms with E-state index in [2.05, 4.69) is 0 Å². The minimum atomic E-state index is -0.273. The van der Waals surface area contributed by atoms with Crippen molar-refractivity contribution in [2.45, 2.75) is 40.7 Å². The van der Waals surface area contributed by atoms with Crippen molar-refractivity contribution in [1.82, 2.24) is 0 Å². The Balaban J connectivity index is 2.71. The summed E-state index contributed by atoms with van der Waals surface area (Å²) in [4.78, 5) is 11.6. The first-order valence-electron chi connectivity index (χ1n) is 6.36. The van der Waals surface area contributed by atoms with Crippen LogP contribution >= 0.6 is 0 Å². The highest BCUT2D eigenvalue weighted by Gasteiger charge is 2.23. The molecule has 0 heterocycles. The van der Waals surface area contributed by atoms with E-state index in [4.69, 9.17) is 9.47 Å². The summed E-state index contributed by atoms with van der Waals surface area (Å²) in [6, 6.07) is 6.05. The number of esters is 1. The second-order valence-corrected chi connectivity index (χ2v) is 4.63. The molecule has 18 heavy (non-hydrogen) atoms. The summed E-state index contributed by atoms with van der Waals surface area (Å²) in [5, 5.41) is 0. The SMILES string of the molecule is CCOC(=O)C(C)C(C)Oc1cc(C)ccc1C. The molecule has 0 aliphatic carbocycles. The largest absolute Gasteiger partial charge is 0.490 e. The molecule has 100 valence electrons. The van der Waals surface area contributed by atoms with Gasteiger partial charge in [-0.2, -0.15) is 0 Å². The van der Waals surface area contributed by atoms with Crippen LogP contribution in [0.5, 0.6) is 5.75 Å². The summed E-state index contributed by atoms with van der Waals surface area (Å²) < 4.78 is 10.9. The Hall–Kier alpha value is -1.51. The van der Waals surface area contributed by atoms with Gasteiger partial charge in [0.25, 0.3) is 0 Å². The van der Waals surface area contributed by atoms with Crippen LogP contribution in [0.15, 0.2) is 18.2 Å². The number of aryl methyl sites for hydroxylation is 2. The van der Waals surface area contributed by atoms with Gasteiger partial charge in [0.2, 0.25) is 0 Å². The van der Waals surface area contributed by atoms with Gasteiger partial charge in [-0.1, -0.05) is 12.1 Å². The van der Waals surface area contributed by atoms with E-state index in [1.54, 1.807) is 6.92 Å². The number of carbonyl (C=O) groups is 1. The van der Waals surface area contributed by atoms with Crippen molar-refractivity contribution >= 4 is 5.97 Å². The van der Waals surface area contributed by atoms with Crippen LogP contribution in [-0.4, -0.2) is 18.7 Å². The molecule has 0 aliphatic heterocycles. The molecule has 0 N–H and O–H groups in total. The highest BCUT2D eigenvalue weighted by atomic mass is 16.5. The minimum absolute atomic E-state index is 0.204. The van der Waals surface area contributed by atoms with Gasteiger partial charge in [0.05, 0.1) is 12.5 Å². The summed E-state index contributed by atoms with van der Waals surface area (Å²) in [5.74, 6) is 0.346. The highest BCUT2D eigenvalue weighted by Crippen LogP contribution is 2.22. The molecule has 2 unspecified atom stereocenters. The smallest absolute Gasteiger partial charge is 0.312 e. The number of benzene rings is 1. The molecule has 1 aromatic carbocycles. The van der Waals surface area contributed by atoms with Gasteiger partial charge < -0.3 is 9.47 Å². The van der Waals surface area contributed by atoms with E-state index >= 15 is 0 Å². The Kier molecular flexibility index (Phi) is 5.20. The number of hydrogen-bond acceptors (Lipinski definition) is 3. The molecule has 2 atom stereocenters. The van der Waals surface area contributed by atoms with Gasteiger partial charge in [0.15, 0.2) is 0 Å². The molecular weight excluding hydrogens is 228 g/mol. The standard InChI is InChI=1S/C15H22O3/c1-6-17-15(16)12(4)13(5)18-14-9-10(2)7-8-11(14)3/h7-9,12-13H,6H2,1-5H3. The van der Waals surface area contributed by atoms with Gasteiger partial charge in [-0.15, -0.1) is 0 Å². The first kappa shape index (κ1) is 14.6. The highest BCUT2D eigenvalue weighted by molar-refractivity contribution is 5.72. The molecule has 0 fully saturated rings. The van der Waals surface area contributed by atoms with E-state index < -0.39 is 0 Å². The van der Waals surface area contributed by atoms with E-state index in [0.717, 1.165) is 16.9 Å². The zero-order valence-corrected chi connectivity index (χ0v) is 11.8. The van der Waals surface area contributed by atoms with Crippen LogP contribution in [0.1, 0.15) is 31.9 Å². The van der Waals surface area contributed by atoms with E-state index in [1.165, 1.54) is 0 Å². The second-order valence-electron chi connectivity index (χ2n) is 4.63. The number of ether oxygens (including phenoxy) is 2. The molecule has 0 aromatic heterocycles. The summed E-state index contributed by atoms with van der Waals surface area (Å²) in [6.07, 6.45) is -0.204. The fraction of sp³-hybridized carbons (Fsp3) is 0.533. The van der Waals surface area contributed by atoms with Crippen LogP contribution in [0.2, 0.25) is 0 Å². The van der Waals surface area contributed by atoms with Crippen LogP contribution < -0.4 is 4.74 Å². The molecule has 3 heteroatoms. The minimum Gasteiger partial charge on any atom is -0.490 e. The summed E-state index contributed by atoms with van der Waals surface area (Å²) in [5.41, 5.74) is 2.22. The summed E-state index contributed by atoms with van der Waals surface area (Å²) >= 11 is 0. The number of hydrogen-bond donors (Lipinski definition) is 0. The average molecular weight is 250 g/mol. The van der Waals surface area contributed by atoms with Crippen LogP contribution in [-0.2, 0) is 9.53 Å². The van der Waals surface area contributed by atoms with Crippen molar-refractivity contribution in [3.8, 4) is 5.75 Å². The van der Waals surface area contributed by atoms with Crippen molar-refractivity contribution in [2.75, 3.05) is 6.61 Å². The summed E-state index contributed by atoms with van der Waals surface area (Å²) in [6.45, 7) is 9.94. The van der Waals surface area contributed by atoms with Crippen molar-refractivity contribution in [3.05, 3.63) is 29.3 Å². The van der Waals surface area contributed by atoms with Gasteiger partial charge in [-0.25, -0.2) is 0 Å². The molecular formula is C15H22O3. The molecule has 1 rings (SSSR count). The lowest BCUT2D eigenvalue weighted by Crippen LogP contribution is -2.29. The Morgan fingerprint density at radius 3 is 2.56 bits per heavy atom. The molecule has 3 nitrogen and oxygen atoms in total. The third-order valence-electron chi connectivity index (χ3n) is 3.02. The monoisotopic (exact) mass is 250 g/mol. The first-order chi connectivity index (χ1) is 8.45. The molecule has 0 spiro atoms. The zero-order valence-electron chi connectivity index (χ0n) is 11.8. The van der Waals surface area contributed by atoms with Crippen LogP contribution in [0.25, 0.3) is 0 Å². The Bertz CT molecular complexity index is 412. The Morgan fingerprint density at radius 1 is 1.28 bits per heavy atom. The van der Waals surface area contributed by atoms with Gasteiger partial charge in [0, 0.05) is 0 Å². The quantitative estimate of drug-likeness (QED) is 0.752. The zero-order chi connectivity index (χ0) is 13.7. The molecule has 0 bridgehead atoms. The lowest BCUT2D eigenvalue weighted by atomic mass is 10.1. The fourth-order valence-corrected chi connectivity index (χ4v) is 1.60.